The molecule has 0 aliphatic carbocycles. The molecule has 2 aromatic rings. The summed E-state index contributed by atoms with van der Waals surface area (Å²) in [4.78, 5) is 13.5. The third kappa shape index (κ3) is 12.4. The third-order valence-electron chi connectivity index (χ3n) is 3.00. The van der Waals surface area contributed by atoms with Crippen LogP contribution >= 0.6 is 0 Å². The molecule has 1 heterocycles. The molecule has 27 heavy (non-hydrogen) atoms. The first-order chi connectivity index (χ1) is 13.1. The highest BCUT2D eigenvalue weighted by atomic mass is 19.1. The van der Waals surface area contributed by atoms with Crippen molar-refractivity contribution in [3.8, 4) is 0 Å². The van der Waals surface area contributed by atoms with Crippen LogP contribution in [0.25, 0.3) is 0 Å². The highest BCUT2D eigenvalue weighted by Gasteiger charge is 2.03. The number of aliphatic hydroxyl groups excluding tert-OH is 1. The molecule has 7 nitrogen and oxygen atoms in total. The molecule has 0 saturated carbocycles. The Kier molecular flexibility index (Phi) is 18.0. The Balaban J connectivity index is 0. The monoisotopic (exact) mass is 382 g/mol. The van der Waals surface area contributed by atoms with Gasteiger partial charge in [-0.1, -0.05) is 19.9 Å². The molecule has 0 atom stereocenters. The van der Waals surface area contributed by atoms with Crippen molar-refractivity contribution in [3.63, 3.8) is 0 Å². The lowest BCUT2D eigenvalue weighted by Crippen LogP contribution is -2.12. The van der Waals surface area contributed by atoms with Crippen molar-refractivity contribution in [1.82, 2.24) is 10.3 Å². The summed E-state index contributed by atoms with van der Waals surface area (Å²) in [6.45, 7) is 8.53. The van der Waals surface area contributed by atoms with Gasteiger partial charge in [-0.2, -0.15) is 0 Å². The van der Waals surface area contributed by atoms with E-state index in [1.165, 1.54) is 6.07 Å². The number of pyridine rings is 1. The molecule has 1 aromatic carbocycles. The number of nitrogens with zero attached hydrogens (tertiary/aromatic N) is 1. The molecule has 1 amide bonds. The van der Waals surface area contributed by atoms with Gasteiger partial charge in [0.15, 0.2) is 0 Å². The highest BCUT2D eigenvalue weighted by molar-refractivity contribution is 5.62. The number of anilines is 2. The number of aromatic nitrogens is 1. The van der Waals surface area contributed by atoms with Crippen LogP contribution in [-0.2, 0) is 4.79 Å². The van der Waals surface area contributed by atoms with Crippen molar-refractivity contribution in [2.75, 3.05) is 18.5 Å². The molecule has 0 unspecified atom stereocenters. The van der Waals surface area contributed by atoms with Crippen LogP contribution in [0, 0.1) is 19.7 Å². The normalized spacial score (nSPS) is 8.59. The predicted octanol–water partition coefficient (Wildman–Crippen LogP) is 3.06. The van der Waals surface area contributed by atoms with Gasteiger partial charge in [-0.3, -0.25) is 9.78 Å². The van der Waals surface area contributed by atoms with E-state index in [0.29, 0.717) is 25.1 Å². The van der Waals surface area contributed by atoms with Gasteiger partial charge in [-0.25, -0.2) is 10.3 Å². The highest BCUT2D eigenvalue weighted by Crippen LogP contribution is 2.22. The van der Waals surface area contributed by atoms with E-state index >= 15 is 0 Å². The lowest BCUT2D eigenvalue weighted by Gasteiger charge is -2.09. The van der Waals surface area contributed by atoms with Gasteiger partial charge in [-0.15, -0.1) is 0 Å². The predicted molar refractivity (Wildman–Crippen MR) is 106 cm³/mol. The number of rotatable bonds is 6. The van der Waals surface area contributed by atoms with Crippen LogP contribution in [-0.4, -0.2) is 34.9 Å². The molecule has 8 heteroatoms. The maximum absolute atomic E-state index is 13.6. The number of carbonyl (C=O) groups is 1. The molecule has 0 saturated heterocycles. The van der Waals surface area contributed by atoms with E-state index in [2.05, 4.69) is 21.5 Å². The largest absolute Gasteiger partial charge is 0.396 e. The Labute approximate surface area is 160 Å². The zero-order valence-corrected chi connectivity index (χ0v) is 16.4. The van der Waals surface area contributed by atoms with Crippen LogP contribution in [0.5, 0.6) is 0 Å². The molecule has 0 aliphatic rings. The molecule has 0 bridgehead atoms. The summed E-state index contributed by atoms with van der Waals surface area (Å²) in [6.07, 6.45) is 4.66. The smallest absolute Gasteiger partial charge is 0.207 e. The number of aryl methyl sites for hydroxylation is 2. The van der Waals surface area contributed by atoms with Gasteiger partial charge < -0.3 is 20.9 Å². The van der Waals surface area contributed by atoms with Crippen molar-refractivity contribution < 1.29 is 19.5 Å². The Morgan fingerprint density at radius 1 is 1.19 bits per heavy atom. The van der Waals surface area contributed by atoms with Gasteiger partial charge in [0, 0.05) is 19.3 Å². The van der Waals surface area contributed by atoms with Gasteiger partial charge in [-0.05, 0) is 49.6 Å². The number of nitrogens with two attached hydrogens (primary N) is 1. The number of hydrogen-bond donors (Lipinski definition) is 5. The lowest BCUT2D eigenvalue weighted by atomic mass is 10.2. The minimum atomic E-state index is -0.247. The number of carbonyl (C=O) groups excluding carboxylic acids is 1. The molecule has 0 spiro atoms. The second-order valence-corrected chi connectivity index (χ2v) is 4.95. The maximum atomic E-state index is 13.6. The summed E-state index contributed by atoms with van der Waals surface area (Å²) in [7, 11) is 0. The fourth-order valence-electron chi connectivity index (χ4n) is 1.70. The zero-order valence-electron chi connectivity index (χ0n) is 16.4. The average Bonchev–Trinajstić information content (AvgIpc) is 2.70. The quantitative estimate of drug-likeness (QED) is 0.297. The van der Waals surface area contributed by atoms with Crippen molar-refractivity contribution >= 4 is 17.8 Å². The second kappa shape index (κ2) is 18.2. The summed E-state index contributed by atoms with van der Waals surface area (Å²) in [5.41, 5.74) is 3.24. The first-order valence-electron chi connectivity index (χ1n) is 8.56. The zero-order chi connectivity index (χ0) is 21.1. The second-order valence-electron chi connectivity index (χ2n) is 4.95. The number of aliphatic hydroxyl groups is 1. The first-order valence-corrected chi connectivity index (χ1v) is 8.56. The minimum absolute atomic E-state index is 0.140. The van der Waals surface area contributed by atoms with Crippen LogP contribution in [0.1, 0.15) is 31.4 Å². The molecule has 1 aromatic heterocycles. The van der Waals surface area contributed by atoms with E-state index in [-0.39, 0.29) is 12.4 Å². The number of amides is 1. The number of halogens is 1. The Hall–Kier alpha value is -2.55. The molecule has 0 fully saturated rings. The lowest BCUT2D eigenvalue weighted by molar-refractivity contribution is -0.109. The maximum Gasteiger partial charge on any atom is 0.207 e. The molecular weight excluding hydrogens is 351 g/mol. The van der Waals surface area contributed by atoms with Gasteiger partial charge in [0.25, 0.3) is 0 Å². The van der Waals surface area contributed by atoms with Crippen LogP contribution in [0.15, 0.2) is 36.7 Å². The van der Waals surface area contributed by atoms with E-state index in [1.807, 2.05) is 39.8 Å². The van der Waals surface area contributed by atoms with Gasteiger partial charge in [0.2, 0.25) is 6.41 Å². The minimum Gasteiger partial charge on any atom is -0.396 e. The van der Waals surface area contributed by atoms with E-state index in [9.17, 15) is 9.18 Å². The van der Waals surface area contributed by atoms with Gasteiger partial charge >= 0.3 is 0 Å². The average molecular weight is 382 g/mol. The standard InChI is InChI=1S/C13H13FN2.C4H9NO2.C2H6.H3NO/c1-9-3-4-12(11(14)7-9)16-13-8-15-6-5-10(13)2;6-3-1-2-5-4-7;2*1-2/h3-8,16H,1-2H3;4,6H,1-3H2,(H,5,7);1-2H3;2H,1H2. The van der Waals surface area contributed by atoms with Crippen LogP contribution < -0.4 is 16.5 Å². The first kappa shape index (κ1) is 26.7. The summed E-state index contributed by atoms with van der Waals surface area (Å²) in [6, 6.07) is 7.00. The molecule has 6 N–H and O–H groups in total. The third-order valence-corrected chi connectivity index (χ3v) is 3.00. The van der Waals surface area contributed by atoms with E-state index < -0.39 is 0 Å². The van der Waals surface area contributed by atoms with Crippen LogP contribution in [0.2, 0.25) is 0 Å². The van der Waals surface area contributed by atoms with E-state index in [4.69, 9.17) is 10.3 Å². The van der Waals surface area contributed by atoms with Crippen LogP contribution in [0.4, 0.5) is 15.8 Å². The van der Waals surface area contributed by atoms with Crippen LogP contribution in [0.3, 0.4) is 0 Å². The topological polar surface area (TPSA) is 121 Å². The Bertz CT molecular complexity index is 628. The summed E-state index contributed by atoms with van der Waals surface area (Å²) in [5.74, 6) is 3.25. The van der Waals surface area contributed by atoms with Gasteiger partial charge in [0.1, 0.15) is 5.82 Å². The molecule has 152 valence electrons. The fraction of sp³-hybridized carbons (Fsp3) is 0.368. The van der Waals surface area contributed by atoms with Crippen molar-refractivity contribution in [2.24, 2.45) is 5.90 Å². The number of hydrogen-bond acceptors (Lipinski definition) is 6. The number of nitrogens with one attached hydrogen (secondary N) is 2. The van der Waals surface area contributed by atoms with E-state index in [0.717, 1.165) is 16.8 Å². The summed E-state index contributed by atoms with van der Waals surface area (Å²) in [5, 5.41) is 20.1. The molecule has 0 radical (unpaired) electrons. The Morgan fingerprint density at radius 2 is 1.85 bits per heavy atom. The van der Waals surface area contributed by atoms with Crippen molar-refractivity contribution in [2.45, 2.75) is 34.1 Å². The number of benzene rings is 1. The Morgan fingerprint density at radius 3 is 2.37 bits per heavy atom. The summed E-state index contributed by atoms with van der Waals surface area (Å²) < 4.78 is 13.6. The van der Waals surface area contributed by atoms with Crippen molar-refractivity contribution in [3.05, 3.63) is 53.6 Å². The summed E-state index contributed by atoms with van der Waals surface area (Å²) >= 11 is 0. The molecule has 2 rings (SSSR count). The SMILES string of the molecule is CC.Cc1ccc(Nc2cnccc2C)c(F)c1.NO.O=CNCCCO. The van der Waals surface area contributed by atoms with Crippen molar-refractivity contribution in [1.29, 1.82) is 0 Å². The van der Waals surface area contributed by atoms with E-state index in [1.54, 1.807) is 18.5 Å². The molecule has 0 aliphatic heterocycles. The van der Waals surface area contributed by atoms with Gasteiger partial charge in [0.05, 0.1) is 17.6 Å². The molecular formula is C19H31FN4O3. The fourth-order valence-corrected chi connectivity index (χ4v) is 1.70.